The fourth-order valence-corrected chi connectivity index (χ4v) is 5.62. The number of benzene rings is 2. The molecule has 0 radical (unpaired) electrons. The van der Waals surface area contributed by atoms with Crippen LogP contribution >= 0.6 is 11.6 Å². The normalized spacial score (nSPS) is 19.2. The van der Waals surface area contributed by atoms with Crippen LogP contribution in [0, 0.1) is 17.8 Å². The van der Waals surface area contributed by atoms with Gasteiger partial charge in [-0.1, -0.05) is 35.9 Å². The fourth-order valence-electron chi connectivity index (χ4n) is 5.41. The Labute approximate surface area is 239 Å². The van der Waals surface area contributed by atoms with Crippen LogP contribution in [-0.4, -0.2) is 35.7 Å². The predicted octanol–water partition coefficient (Wildman–Crippen LogP) is 6.09. The number of azo groups is 1. The summed E-state index contributed by atoms with van der Waals surface area (Å²) in [6.45, 7) is 1.01. The molecule has 8 nitrogen and oxygen atoms in total. The van der Waals surface area contributed by atoms with Gasteiger partial charge < -0.3 is 11.1 Å². The number of hydrogen-bond acceptors (Lipinski definition) is 7. The number of aliphatic imine (C=N–C) groups is 1. The molecule has 0 spiro atoms. The molecule has 0 unspecified atom stereocenters. The van der Waals surface area contributed by atoms with Crippen molar-refractivity contribution in [2.75, 3.05) is 18.5 Å². The van der Waals surface area contributed by atoms with Crippen LogP contribution < -0.4 is 11.1 Å². The highest BCUT2D eigenvalue weighted by Gasteiger charge is 2.30. The number of halogens is 1. The van der Waals surface area contributed by atoms with Gasteiger partial charge in [0.2, 0.25) is 5.91 Å². The van der Waals surface area contributed by atoms with Crippen LogP contribution in [0.15, 0.2) is 82.2 Å². The van der Waals surface area contributed by atoms with Gasteiger partial charge >= 0.3 is 0 Å². The number of carbonyl (C=O) groups excluding carboxylic acids is 2. The van der Waals surface area contributed by atoms with Gasteiger partial charge in [0.25, 0.3) is 0 Å². The number of rotatable bonds is 10. The molecule has 9 heteroatoms. The van der Waals surface area contributed by atoms with E-state index in [1.807, 2.05) is 48.5 Å². The maximum absolute atomic E-state index is 13.5. The van der Waals surface area contributed by atoms with Crippen molar-refractivity contribution >= 4 is 34.8 Å². The zero-order valence-corrected chi connectivity index (χ0v) is 23.1. The lowest BCUT2D eigenvalue weighted by Crippen LogP contribution is -2.31. The van der Waals surface area contributed by atoms with Gasteiger partial charge in [-0.2, -0.15) is 5.11 Å². The van der Waals surface area contributed by atoms with Gasteiger partial charge in [0, 0.05) is 47.5 Å². The summed E-state index contributed by atoms with van der Waals surface area (Å²) in [6.07, 6.45) is 7.68. The van der Waals surface area contributed by atoms with Gasteiger partial charge in [0.1, 0.15) is 5.78 Å². The lowest BCUT2D eigenvalue weighted by atomic mass is 9.77. The first-order chi connectivity index (χ1) is 19.5. The summed E-state index contributed by atoms with van der Waals surface area (Å²) in [5.41, 5.74) is 10.1. The van der Waals surface area contributed by atoms with E-state index in [1.54, 1.807) is 18.5 Å². The van der Waals surface area contributed by atoms with Gasteiger partial charge in [-0.05, 0) is 86.0 Å². The van der Waals surface area contributed by atoms with E-state index in [0.717, 1.165) is 47.9 Å². The van der Waals surface area contributed by atoms with E-state index in [2.05, 4.69) is 25.5 Å². The Morgan fingerprint density at radius 1 is 0.975 bits per heavy atom. The standard InChI is InChI=1S/C31H33ClN6O2/c32-28-13-14-34-18-27(28)22-5-1-20(2-6-22)15-25(16-29(39)23-7-3-21(17-33)4-8-23)31(40)37-26-11-9-24(10-12-26)30-35-19-36-38-30/h1-2,5-6,9-14,18,21,23,25H,3-4,7-8,15-17,19,33H2,(H,37,40)/t21?,23?,25-/m1/s1. The van der Waals surface area contributed by atoms with Gasteiger partial charge in [-0.25, -0.2) is 4.99 Å². The first kappa shape index (κ1) is 27.8. The third kappa shape index (κ3) is 6.87. The molecule has 1 aliphatic carbocycles. The number of amides is 1. The van der Waals surface area contributed by atoms with E-state index < -0.39 is 5.92 Å². The Bertz CT molecular complexity index is 1400. The number of nitrogens with two attached hydrogens (primary N) is 1. The lowest BCUT2D eigenvalue weighted by molar-refractivity contribution is -0.129. The molecule has 3 N–H and O–H groups in total. The number of hydrogen-bond donors (Lipinski definition) is 2. The summed E-state index contributed by atoms with van der Waals surface area (Å²) in [6, 6.07) is 17.1. The quantitative estimate of drug-likeness (QED) is 0.313. The Hall–Kier alpha value is -3.75. The minimum absolute atomic E-state index is 0.00571. The Balaban J connectivity index is 1.30. The van der Waals surface area contributed by atoms with E-state index in [-0.39, 0.29) is 24.0 Å². The molecule has 2 heterocycles. The average molecular weight is 557 g/mol. The molecule has 1 amide bonds. The summed E-state index contributed by atoms with van der Waals surface area (Å²) in [4.78, 5) is 35.3. The fraction of sp³-hybridized carbons (Fsp3) is 0.355. The van der Waals surface area contributed by atoms with Crippen molar-refractivity contribution < 1.29 is 9.59 Å². The van der Waals surface area contributed by atoms with Crippen LogP contribution in [-0.2, 0) is 16.0 Å². The van der Waals surface area contributed by atoms with Crippen LogP contribution in [0.3, 0.4) is 0 Å². The number of pyridine rings is 1. The number of aromatic nitrogens is 1. The van der Waals surface area contributed by atoms with Crippen molar-refractivity contribution in [1.29, 1.82) is 0 Å². The summed E-state index contributed by atoms with van der Waals surface area (Å²) in [5, 5.41) is 11.6. The highest BCUT2D eigenvalue weighted by Crippen LogP contribution is 2.32. The summed E-state index contributed by atoms with van der Waals surface area (Å²) < 4.78 is 0. The van der Waals surface area contributed by atoms with Crippen molar-refractivity contribution in [3.8, 4) is 11.1 Å². The SMILES string of the molecule is NCC1CCC(C(=O)C[C@@H](Cc2ccc(-c3cnccc3Cl)cc2)C(=O)Nc2ccc(C3=NCN=N3)cc2)CC1. The minimum atomic E-state index is -0.500. The number of Topliss-reactive ketones (excluding diaryl/α,β-unsaturated/α-hetero) is 1. The Kier molecular flexibility index (Phi) is 9.08. The number of nitrogens with one attached hydrogen (secondary N) is 1. The molecule has 0 bridgehead atoms. The van der Waals surface area contributed by atoms with Crippen LogP contribution in [0.5, 0.6) is 0 Å². The Morgan fingerprint density at radius 3 is 2.35 bits per heavy atom. The monoisotopic (exact) mass is 556 g/mol. The highest BCUT2D eigenvalue weighted by atomic mass is 35.5. The Morgan fingerprint density at radius 2 is 1.70 bits per heavy atom. The molecular formula is C31H33ClN6O2. The second-order valence-corrected chi connectivity index (χ2v) is 10.9. The number of carbonyl (C=O) groups is 2. The highest BCUT2D eigenvalue weighted by molar-refractivity contribution is 6.33. The molecule has 1 fully saturated rings. The molecule has 5 rings (SSSR count). The molecule has 206 valence electrons. The zero-order chi connectivity index (χ0) is 27.9. The van der Waals surface area contributed by atoms with E-state index in [0.29, 0.717) is 42.1 Å². The first-order valence-electron chi connectivity index (χ1n) is 13.7. The topological polar surface area (TPSA) is 122 Å². The number of ketones is 1. The zero-order valence-electron chi connectivity index (χ0n) is 22.3. The van der Waals surface area contributed by atoms with Gasteiger partial charge in [-0.15, -0.1) is 5.11 Å². The lowest BCUT2D eigenvalue weighted by Gasteiger charge is -2.27. The van der Waals surface area contributed by atoms with E-state index in [9.17, 15) is 9.59 Å². The molecule has 1 aromatic heterocycles. The van der Waals surface area contributed by atoms with Crippen molar-refractivity contribution in [3.05, 3.63) is 83.1 Å². The molecule has 1 saturated carbocycles. The van der Waals surface area contributed by atoms with Gasteiger partial charge in [0.15, 0.2) is 12.5 Å². The van der Waals surface area contributed by atoms with E-state index in [4.69, 9.17) is 17.3 Å². The summed E-state index contributed by atoms with van der Waals surface area (Å²) in [7, 11) is 0. The van der Waals surface area contributed by atoms with E-state index in [1.165, 1.54) is 0 Å². The number of amidine groups is 1. The van der Waals surface area contributed by atoms with Gasteiger partial charge in [-0.3, -0.25) is 14.6 Å². The second kappa shape index (κ2) is 13.1. The second-order valence-electron chi connectivity index (χ2n) is 10.5. The molecule has 3 aromatic rings. The molecule has 2 aromatic carbocycles. The third-order valence-electron chi connectivity index (χ3n) is 7.83. The minimum Gasteiger partial charge on any atom is -0.330 e. The van der Waals surface area contributed by atoms with Crippen LogP contribution in [0.4, 0.5) is 5.69 Å². The van der Waals surface area contributed by atoms with Crippen LogP contribution in [0.1, 0.15) is 43.2 Å². The smallest absolute Gasteiger partial charge is 0.228 e. The maximum atomic E-state index is 13.5. The van der Waals surface area contributed by atoms with Crippen molar-refractivity contribution in [2.24, 2.45) is 38.7 Å². The van der Waals surface area contributed by atoms with Gasteiger partial charge in [0.05, 0.1) is 5.02 Å². The van der Waals surface area contributed by atoms with Crippen LogP contribution in [0.25, 0.3) is 11.1 Å². The molecule has 1 aliphatic heterocycles. The number of nitrogens with zero attached hydrogens (tertiary/aromatic N) is 4. The van der Waals surface area contributed by atoms with Crippen LogP contribution in [0.2, 0.25) is 5.02 Å². The van der Waals surface area contributed by atoms with Crippen molar-refractivity contribution in [2.45, 2.75) is 38.5 Å². The average Bonchev–Trinajstić information content (AvgIpc) is 3.53. The van der Waals surface area contributed by atoms with Crippen molar-refractivity contribution in [1.82, 2.24) is 4.98 Å². The molecular weight excluding hydrogens is 524 g/mol. The maximum Gasteiger partial charge on any atom is 0.228 e. The first-order valence-corrected chi connectivity index (χ1v) is 14.1. The predicted molar refractivity (Wildman–Crippen MR) is 157 cm³/mol. The number of anilines is 1. The van der Waals surface area contributed by atoms with Crippen molar-refractivity contribution in [3.63, 3.8) is 0 Å². The largest absolute Gasteiger partial charge is 0.330 e. The molecule has 1 atom stereocenters. The molecule has 40 heavy (non-hydrogen) atoms. The summed E-state index contributed by atoms with van der Waals surface area (Å²) in [5.74, 6) is 0.564. The van der Waals surface area contributed by atoms with E-state index >= 15 is 0 Å². The molecule has 0 saturated heterocycles. The third-order valence-corrected chi connectivity index (χ3v) is 8.16. The summed E-state index contributed by atoms with van der Waals surface area (Å²) >= 11 is 6.34. The molecule has 2 aliphatic rings.